The third-order valence-corrected chi connectivity index (χ3v) is 5.53. The van der Waals surface area contributed by atoms with E-state index >= 15 is 0 Å². The Labute approximate surface area is 170 Å². The summed E-state index contributed by atoms with van der Waals surface area (Å²) in [6, 6.07) is 2.67. The Kier molecular flexibility index (Phi) is 5.44. The smallest absolute Gasteiger partial charge is 0.0999 e. The Bertz CT molecular complexity index is 1030. The molecule has 152 valence electrons. The molecular weight excluding hydrogens is 364 g/mol. The second-order valence-corrected chi connectivity index (χ2v) is 7.59. The lowest BCUT2D eigenvalue weighted by Gasteiger charge is -2.33. The zero-order chi connectivity index (χ0) is 20.4. The van der Waals surface area contributed by atoms with Crippen molar-refractivity contribution in [1.82, 2.24) is 29.3 Å². The van der Waals surface area contributed by atoms with Gasteiger partial charge in [-0.2, -0.15) is 10.2 Å². The Morgan fingerprint density at radius 3 is 2.76 bits per heavy atom. The normalized spacial score (nSPS) is 16.3. The maximum Gasteiger partial charge on any atom is 0.0999 e. The second kappa shape index (κ2) is 8.16. The van der Waals surface area contributed by atoms with Crippen LogP contribution < -0.4 is 5.73 Å². The molecule has 4 rings (SSSR count). The van der Waals surface area contributed by atoms with Crippen molar-refractivity contribution < 1.29 is 0 Å². The van der Waals surface area contributed by atoms with Gasteiger partial charge >= 0.3 is 0 Å². The fourth-order valence-electron chi connectivity index (χ4n) is 3.74. The fourth-order valence-corrected chi connectivity index (χ4v) is 3.74. The zero-order valence-electron chi connectivity index (χ0n) is 17.2. The molecule has 0 aliphatic carbocycles. The summed E-state index contributed by atoms with van der Waals surface area (Å²) in [5.41, 5.74) is 10.2. The summed E-state index contributed by atoms with van der Waals surface area (Å²) in [6.45, 7) is 6.31. The molecule has 0 spiro atoms. The highest BCUT2D eigenvalue weighted by molar-refractivity contribution is 6.09. The monoisotopic (exact) mass is 392 g/mol. The van der Waals surface area contributed by atoms with Gasteiger partial charge in [0.2, 0.25) is 0 Å². The number of nitrogens with zero attached hydrogens (tertiary/aromatic N) is 7. The molecule has 0 bridgehead atoms. The molecule has 1 saturated heterocycles. The van der Waals surface area contributed by atoms with Gasteiger partial charge in [-0.1, -0.05) is 13.8 Å². The first-order valence-electron chi connectivity index (χ1n) is 10.2. The van der Waals surface area contributed by atoms with Gasteiger partial charge in [0.15, 0.2) is 0 Å². The highest BCUT2D eigenvalue weighted by Gasteiger charge is 2.21. The van der Waals surface area contributed by atoms with Gasteiger partial charge in [0, 0.05) is 42.8 Å². The number of aliphatic imine (C=N–C) groups is 1. The predicted octanol–water partition coefficient (Wildman–Crippen LogP) is 2.64. The van der Waals surface area contributed by atoms with E-state index in [0.29, 0.717) is 12.1 Å². The van der Waals surface area contributed by atoms with Gasteiger partial charge in [-0.3, -0.25) is 9.67 Å². The van der Waals surface area contributed by atoms with Gasteiger partial charge in [0.1, 0.15) is 0 Å². The summed E-state index contributed by atoms with van der Waals surface area (Å²) in [5.74, 6) is 0. The molecule has 0 aromatic carbocycles. The van der Waals surface area contributed by atoms with Crippen LogP contribution in [0.25, 0.3) is 22.3 Å². The van der Waals surface area contributed by atoms with Crippen molar-refractivity contribution in [2.45, 2.75) is 38.8 Å². The van der Waals surface area contributed by atoms with Crippen LogP contribution in [-0.4, -0.2) is 61.7 Å². The van der Waals surface area contributed by atoms with Gasteiger partial charge in [-0.05, 0) is 26.0 Å². The van der Waals surface area contributed by atoms with Gasteiger partial charge in [0.25, 0.3) is 0 Å². The van der Waals surface area contributed by atoms with Crippen molar-refractivity contribution in [3.8, 4) is 11.3 Å². The minimum absolute atomic E-state index is 0.320. The van der Waals surface area contributed by atoms with E-state index in [9.17, 15) is 0 Å². The van der Waals surface area contributed by atoms with Crippen LogP contribution in [0.1, 0.15) is 38.4 Å². The van der Waals surface area contributed by atoms with Crippen LogP contribution in [0.15, 0.2) is 42.0 Å². The van der Waals surface area contributed by atoms with E-state index in [0.717, 1.165) is 54.0 Å². The predicted molar refractivity (Wildman–Crippen MR) is 116 cm³/mol. The van der Waals surface area contributed by atoms with Crippen molar-refractivity contribution in [2.24, 2.45) is 10.7 Å². The van der Waals surface area contributed by atoms with Crippen molar-refractivity contribution in [1.29, 1.82) is 0 Å². The molecule has 8 heteroatoms. The third-order valence-electron chi connectivity index (χ3n) is 5.53. The maximum atomic E-state index is 5.92. The minimum atomic E-state index is 0.320. The lowest BCUT2D eigenvalue weighted by molar-refractivity contribution is 0.194. The molecule has 0 radical (unpaired) electrons. The largest absolute Gasteiger partial charge is 0.404 e. The van der Waals surface area contributed by atoms with Crippen LogP contribution >= 0.6 is 0 Å². The van der Waals surface area contributed by atoms with Crippen molar-refractivity contribution in [3.05, 3.63) is 42.7 Å². The molecule has 4 heterocycles. The Morgan fingerprint density at radius 1 is 1.28 bits per heavy atom. The maximum absolute atomic E-state index is 5.92. The second-order valence-electron chi connectivity index (χ2n) is 7.59. The van der Waals surface area contributed by atoms with E-state index in [1.54, 1.807) is 12.4 Å². The minimum Gasteiger partial charge on any atom is -0.404 e. The zero-order valence-corrected chi connectivity index (χ0v) is 17.2. The molecule has 3 aromatic heterocycles. The summed E-state index contributed by atoms with van der Waals surface area (Å²) < 4.78 is 3.87. The first kappa shape index (κ1) is 19.3. The summed E-state index contributed by atoms with van der Waals surface area (Å²) in [7, 11) is 2.09. The highest BCUT2D eigenvalue weighted by Crippen LogP contribution is 2.26. The van der Waals surface area contributed by atoms with E-state index in [2.05, 4.69) is 47.2 Å². The number of fused-ring (bicyclic) bond motifs is 1. The summed E-state index contributed by atoms with van der Waals surface area (Å²) in [6.07, 6.45) is 13.1. The van der Waals surface area contributed by atoms with E-state index in [1.807, 2.05) is 33.9 Å². The lowest BCUT2D eigenvalue weighted by atomic mass is 10.1. The van der Waals surface area contributed by atoms with E-state index in [-0.39, 0.29) is 0 Å². The number of hydrogen-bond acceptors (Lipinski definition) is 6. The van der Waals surface area contributed by atoms with Gasteiger partial charge in [-0.15, -0.1) is 0 Å². The van der Waals surface area contributed by atoms with Crippen molar-refractivity contribution >= 4 is 17.3 Å². The first-order chi connectivity index (χ1) is 14.1. The molecule has 1 aliphatic heterocycles. The Hall–Kier alpha value is -3.00. The number of aromatic nitrogens is 5. The van der Waals surface area contributed by atoms with Gasteiger partial charge in [0.05, 0.1) is 47.6 Å². The number of allylic oxidation sites excluding steroid dienone is 1. The fraction of sp³-hybridized carbons (Fsp3) is 0.429. The summed E-state index contributed by atoms with van der Waals surface area (Å²) in [5, 5.41) is 9.00. The summed E-state index contributed by atoms with van der Waals surface area (Å²) in [4.78, 5) is 11.8. The molecule has 1 fully saturated rings. The number of nitrogens with two attached hydrogens (primary N) is 1. The number of rotatable bonds is 7. The standard InChI is InChI=1S/C21H28N8/c1-4-18(5-2)28-11-16(10-25-28)21-20-6-7-24-29(20)14-19(26-21)15(8-22)9-23-17-12-27(3)13-17/h6-11,14,17-18H,4-5,12-13,22H2,1-3H3. The van der Waals surface area contributed by atoms with Crippen LogP contribution in [0.2, 0.25) is 0 Å². The average Bonchev–Trinajstić information content (AvgIpc) is 3.37. The van der Waals surface area contributed by atoms with Crippen LogP contribution in [0.5, 0.6) is 0 Å². The SMILES string of the molecule is CCC(CC)n1cc(-c2nc(C(C=NC3CN(C)C3)=CN)cn3nccc23)cn1. The topological polar surface area (TPSA) is 89.6 Å². The molecule has 0 amide bonds. The molecule has 0 atom stereocenters. The van der Waals surface area contributed by atoms with Crippen LogP contribution in [0.3, 0.4) is 0 Å². The Balaban J connectivity index is 1.71. The molecule has 2 N–H and O–H groups in total. The number of likely N-dealkylation sites (tertiary alicyclic amines) is 1. The number of hydrogen-bond donors (Lipinski definition) is 1. The molecule has 0 saturated carbocycles. The average molecular weight is 393 g/mol. The van der Waals surface area contributed by atoms with Gasteiger partial charge in [-0.25, -0.2) is 9.50 Å². The van der Waals surface area contributed by atoms with Crippen molar-refractivity contribution in [2.75, 3.05) is 20.1 Å². The van der Waals surface area contributed by atoms with Crippen molar-refractivity contribution in [3.63, 3.8) is 0 Å². The highest BCUT2D eigenvalue weighted by atomic mass is 15.3. The third kappa shape index (κ3) is 3.80. The molecule has 8 nitrogen and oxygen atoms in total. The van der Waals surface area contributed by atoms with Crippen LogP contribution in [0, 0.1) is 0 Å². The number of likely N-dealkylation sites (N-methyl/N-ethyl adjacent to an activating group) is 1. The van der Waals surface area contributed by atoms with Crippen LogP contribution in [-0.2, 0) is 0 Å². The van der Waals surface area contributed by atoms with Crippen LogP contribution in [0.4, 0.5) is 0 Å². The lowest BCUT2D eigenvalue weighted by Crippen LogP contribution is -2.46. The van der Waals surface area contributed by atoms with E-state index in [1.165, 1.54) is 0 Å². The molecular formula is C21H28N8. The van der Waals surface area contributed by atoms with Gasteiger partial charge < -0.3 is 10.6 Å². The van der Waals surface area contributed by atoms with E-state index in [4.69, 9.17) is 10.7 Å². The molecule has 1 aliphatic rings. The molecule has 29 heavy (non-hydrogen) atoms. The molecule has 0 unspecified atom stereocenters. The quantitative estimate of drug-likeness (QED) is 0.624. The van der Waals surface area contributed by atoms with E-state index < -0.39 is 0 Å². The summed E-state index contributed by atoms with van der Waals surface area (Å²) >= 11 is 0. The Morgan fingerprint density at radius 2 is 2.07 bits per heavy atom. The first-order valence-corrected chi connectivity index (χ1v) is 10.2. The molecule has 3 aromatic rings.